The molecule has 0 spiro atoms. The Morgan fingerprint density at radius 3 is 2.88 bits per heavy atom. The van der Waals surface area contributed by atoms with Crippen LogP contribution in [0.25, 0.3) is 15.9 Å². The lowest BCUT2D eigenvalue weighted by molar-refractivity contribution is -0.118. The van der Waals surface area contributed by atoms with Gasteiger partial charge in [-0.05, 0) is 55.5 Å². The van der Waals surface area contributed by atoms with Crippen molar-refractivity contribution in [2.45, 2.75) is 30.8 Å². The van der Waals surface area contributed by atoms with Crippen LogP contribution in [-0.2, 0) is 17.6 Å². The molecule has 1 aliphatic carbocycles. The van der Waals surface area contributed by atoms with Gasteiger partial charge in [0.25, 0.3) is 11.5 Å². The number of amides is 1. The second-order valence-electron chi connectivity index (χ2n) is 7.36. The maximum absolute atomic E-state index is 13.6. The van der Waals surface area contributed by atoms with Gasteiger partial charge in [-0.15, -0.1) is 11.3 Å². The number of furan rings is 1. The molecule has 162 valence electrons. The van der Waals surface area contributed by atoms with Gasteiger partial charge in [-0.2, -0.15) is 5.10 Å². The van der Waals surface area contributed by atoms with E-state index in [1.54, 1.807) is 28.0 Å². The molecule has 3 aromatic heterocycles. The molecule has 1 aliphatic rings. The van der Waals surface area contributed by atoms with Crippen molar-refractivity contribution in [2.24, 2.45) is 5.10 Å². The minimum Gasteiger partial charge on any atom is -0.463 e. The fraction of sp³-hybridized carbons (Fsp3) is 0.217. The molecule has 3 heterocycles. The van der Waals surface area contributed by atoms with Crippen LogP contribution in [0.2, 0.25) is 0 Å². The fourth-order valence-electron chi connectivity index (χ4n) is 3.78. The Hall–Kier alpha value is -3.17. The SMILES string of the molecule is O=C(CSc1nc2sc3c(c2c(=O)n1-c1ccccc1)CCCC3)N/N=C/c1ccco1. The second-order valence-corrected chi connectivity index (χ2v) is 9.38. The summed E-state index contributed by atoms with van der Waals surface area (Å²) in [6.45, 7) is 0. The number of thioether (sulfide) groups is 1. The van der Waals surface area contributed by atoms with Gasteiger partial charge in [0.05, 0.1) is 29.3 Å². The number of hydrogen-bond acceptors (Lipinski definition) is 7. The smallest absolute Gasteiger partial charge is 0.267 e. The predicted octanol–water partition coefficient (Wildman–Crippen LogP) is 4.16. The van der Waals surface area contributed by atoms with E-state index < -0.39 is 0 Å². The van der Waals surface area contributed by atoms with Gasteiger partial charge in [-0.3, -0.25) is 14.2 Å². The summed E-state index contributed by atoms with van der Waals surface area (Å²) in [6, 6.07) is 12.9. The number of carbonyl (C=O) groups excluding carboxylic acids is 1. The van der Waals surface area contributed by atoms with Gasteiger partial charge >= 0.3 is 0 Å². The number of fused-ring (bicyclic) bond motifs is 3. The summed E-state index contributed by atoms with van der Waals surface area (Å²) in [5, 5.41) is 5.12. The number of thiophene rings is 1. The van der Waals surface area contributed by atoms with Gasteiger partial charge < -0.3 is 4.42 Å². The summed E-state index contributed by atoms with van der Waals surface area (Å²) < 4.78 is 6.76. The van der Waals surface area contributed by atoms with E-state index in [0.717, 1.165) is 47.2 Å². The Bertz CT molecular complexity index is 1340. The van der Waals surface area contributed by atoms with Gasteiger partial charge in [-0.25, -0.2) is 10.4 Å². The van der Waals surface area contributed by atoms with Gasteiger partial charge in [-0.1, -0.05) is 30.0 Å². The van der Waals surface area contributed by atoms with Crippen LogP contribution in [0.15, 0.2) is 68.2 Å². The molecule has 0 saturated heterocycles. The Kier molecular flexibility index (Phi) is 5.91. The first-order valence-corrected chi connectivity index (χ1v) is 12.1. The Balaban J connectivity index is 1.46. The molecule has 1 N–H and O–H groups in total. The summed E-state index contributed by atoms with van der Waals surface area (Å²) in [5.41, 5.74) is 4.30. The fourth-order valence-corrected chi connectivity index (χ4v) is 5.89. The highest BCUT2D eigenvalue weighted by Crippen LogP contribution is 2.35. The summed E-state index contributed by atoms with van der Waals surface area (Å²) in [7, 11) is 0. The number of para-hydroxylation sites is 1. The first-order valence-electron chi connectivity index (χ1n) is 10.3. The monoisotopic (exact) mass is 464 g/mol. The summed E-state index contributed by atoms with van der Waals surface area (Å²) >= 11 is 2.83. The van der Waals surface area contributed by atoms with Crippen LogP contribution in [0.4, 0.5) is 0 Å². The van der Waals surface area contributed by atoms with E-state index in [4.69, 9.17) is 9.40 Å². The molecule has 0 fully saturated rings. The van der Waals surface area contributed by atoms with E-state index in [1.165, 1.54) is 29.1 Å². The number of nitrogens with one attached hydrogen (secondary N) is 1. The van der Waals surface area contributed by atoms with Crippen molar-refractivity contribution >= 4 is 45.4 Å². The highest BCUT2D eigenvalue weighted by Gasteiger charge is 2.23. The molecule has 1 amide bonds. The number of carbonyl (C=O) groups is 1. The van der Waals surface area contributed by atoms with E-state index in [-0.39, 0.29) is 17.2 Å². The number of rotatable bonds is 6. The standard InChI is InChI=1S/C23H20N4O3S2/c28-19(26-24-13-16-9-6-12-30-16)14-31-23-25-21-20(17-10-4-5-11-18(17)32-21)22(29)27(23)15-7-2-1-3-8-15/h1-3,6-9,12-13H,4-5,10-11,14H2,(H,26,28)/b24-13+. The molecule has 0 atom stereocenters. The molecule has 32 heavy (non-hydrogen) atoms. The van der Waals surface area contributed by atoms with E-state index in [9.17, 15) is 9.59 Å². The van der Waals surface area contributed by atoms with E-state index in [2.05, 4.69) is 10.5 Å². The van der Waals surface area contributed by atoms with E-state index in [0.29, 0.717) is 10.9 Å². The Morgan fingerprint density at radius 1 is 1.22 bits per heavy atom. The average Bonchev–Trinajstić information content (AvgIpc) is 3.46. The van der Waals surface area contributed by atoms with Crippen LogP contribution in [0.3, 0.4) is 0 Å². The normalized spacial score (nSPS) is 13.5. The average molecular weight is 465 g/mol. The van der Waals surface area contributed by atoms with Crippen molar-refractivity contribution < 1.29 is 9.21 Å². The Morgan fingerprint density at radius 2 is 2.06 bits per heavy atom. The summed E-state index contributed by atoms with van der Waals surface area (Å²) in [5.74, 6) is 0.327. The predicted molar refractivity (Wildman–Crippen MR) is 127 cm³/mol. The molecule has 5 rings (SSSR count). The molecular weight excluding hydrogens is 444 g/mol. The van der Waals surface area contributed by atoms with Crippen molar-refractivity contribution in [3.05, 3.63) is 75.3 Å². The molecule has 1 aromatic carbocycles. The quantitative estimate of drug-likeness (QED) is 0.200. The zero-order chi connectivity index (χ0) is 21.9. The minimum absolute atomic E-state index is 0.0700. The lowest BCUT2D eigenvalue weighted by Gasteiger charge is -2.13. The molecule has 7 nitrogen and oxygen atoms in total. The zero-order valence-electron chi connectivity index (χ0n) is 17.1. The van der Waals surface area contributed by atoms with E-state index >= 15 is 0 Å². The number of hydrogen-bond donors (Lipinski definition) is 1. The number of hydrazone groups is 1. The minimum atomic E-state index is -0.294. The van der Waals surface area contributed by atoms with Crippen LogP contribution in [0.5, 0.6) is 0 Å². The molecule has 0 bridgehead atoms. The maximum atomic E-state index is 13.6. The molecule has 9 heteroatoms. The number of aryl methyl sites for hydroxylation is 2. The van der Waals surface area contributed by atoms with Crippen molar-refractivity contribution in [3.63, 3.8) is 0 Å². The first-order chi connectivity index (χ1) is 15.7. The number of aromatic nitrogens is 2. The van der Waals surface area contributed by atoms with Gasteiger partial charge in [0, 0.05) is 4.88 Å². The van der Waals surface area contributed by atoms with Crippen LogP contribution in [0, 0.1) is 0 Å². The largest absolute Gasteiger partial charge is 0.463 e. The van der Waals surface area contributed by atoms with Crippen LogP contribution >= 0.6 is 23.1 Å². The third-order valence-corrected chi connectivity index (χ3v) is 7.35. The Labute approximate surface area is 192 Å². The van der Waals surface area contributed by atoms with Gasteiger partial charge in [0.2, 0.25) is 0 Å². The molecule has 0 unspecified atom stereocenters. The third-order valence-electron chi connectivity index (χ3n) is 5.23. The van der Waals surface area contributed by atoms with Crippen molar-refractivity contribution in [1.29, 1.82) is 0 Å². The number of benzene rings is 1. The van der Waals surface area contributed by atoms with Crippen molar-refractivity contribution in [2.75, 3.05) is 5.75 Å². The second kappa shape index (κ2) is 9.13. The van der Waals surface area contributed by atoms with Gasteiger partial charge in [0.15, 0.2) is 5.16 Å². The van der Waals surface area contributed by atoms with Gasteiger partial charge in [0.1, 0.15) is 10.6 Å². The summed E-state index contributed by atoms with van der Waals surface area (Å²) in [6.07, 6.45) is 7.13. The van der Waals surface area contributed by atoms with E-state index in [1.807, 2.05) is 30.3 Å². The van der Waals surface area contributed by atoms with Crippen molar-refractivity contribution in [3.8, 4) is 5.69 Å². The van der Waals surface area contributed by atoms with Crippen LogP contribution in [0.1, 0.15) is 29.0 Å². The summed E-state index contributed by atoms with van der Waals surface area (Å²) in [4.78, 5) is 32.8. The first kappa shape index (κ1) is 20.7. The maximum Gasteiger partial charge on any atom is 0.267 e. The lowest BCUT2D eigenvalue weighted by Crippen LogP contribution is -2.24. The zero-order valence-corrected chi connectivity index (χ0v) is 18.7. The lowest BCUT2D eigenvalue weighted by atomic mass is 9.97. The van der Waals surface area contributed by atoms with Crippen molar-refractivity contribution in [1.82, 2.24) is 15.0 Å². The highest BCUT2D eigenvalue weighted by atomic mass is 32.2. The molecule has 0 aliphatic heterocycles. The number of nitrogens with zero attached hydrogens (tertiary/aromatic N) is 3. The molecule has 0 radical (unpaired) electrons. The highest BCUT2D eigenvalue weighted by molar-refractivity contribution is 7.99. The topological polar surface area (TPSA) is 89.5 Å². The van der Waals surface area contributed by atoms with Crippen LogP contribution < -0.4 is 11.0 Å². The third kappa shape index (κ3) is 4.13. The molecular formula is C23H20N4O3S2. The molecule has 4 aromatic rings. The van der Waals surface area contributed by atoms with Crippen LogP contribution in [-0.4, -0.2) is 27.4 Å². The molecule has 0 saturated carbocycles.